The minimum atomic E-state index is -2.45. The number of halogens is 9. The number of fused-ring (bicyclic) bond motifs is 1. The lowest BCUT2D eigenvalue weighted by Crippen LogP contribution is -2.48. The van der Waals surface area contributed by atoms with E-state index in [9.17, 15) is 39.5 Å². The van der Waals surface area contributed by atoms with E-state index in [-0.39, 0.29) is 0 Å². The van der Waals surface area contributed by atoms with Crippen LogP contribution in [0.2, 0.25) is 0 Å². The van der Waals surface area contributed by atoms with E-state index in [1.807, 2.05) is 0 Å². The molecule has 0 bridgehead atoms. The first-order valence-corrected chi connectivity index (χ1v) is 8.77. The van der Waals surface area contributed by atoms with Crippen LogP contribution >= 0.6 is 0 Å². The van der Waals surface area contributed by atoms with Gasteiger partial charge in [-0.3, -0.25) is 0 Å². The molecule has 4 rings (SSSR count). The molecule has 0 radical (unpaired) electrons. The van der Waals surface area contributed by atoms with Crippen LogP contribution in [-0.2, 0) is 0 Å². The number of allylic oxidation sites excluding steroid dienone is 1. The molecule has 3 aromatic rings. The second-order valence-corrected chi connectivity index (χ2v) is 6.82. The molecule has 3 aromatic carbocycles. The van der Waals surface area contributed by atoms with E-state index in [1.54, 1.807) is 6.07 Å². The highest BCUT2D eigenvalue weighted by Gasteiger charge is 2.40. The highest BCUT2D eigenvalue weighted by Crippen LogP contribution is 2.37. The first kappa shape index (κ1) is 21.1. The van der Waals surface area contributed by atoms with Gasteiger partial charge in [0.25, 0.3) is 0 Å². The van der Waals surface area contributed by atoms with Crippen LogP contribution in [0.1, 0.15) is 17.0 Å². The highest BCUT2D eigenvalue weighted by atomic mass is 19.2. The molecule has 0 fully saturated rings. The van der Waals surface area contributed by atoms with Gasteiger partial charge in [0.2, 0.25) is 12.5 Å². The molecule has 1 aliphatic rings. The predicted octanol–water partition coefficient (Wildman–Crippen LogP) is 4.79. The van der Waals surface area contributed by atoms with Gasteiger partial charge in [0.05, 0.1) is 0 Å². The summed E-state index contributed by atoms with van der Waals surface area (Å²) in [7, 11) is 0. The van der Waals surface area contributed by atoms with E-state index < -0.39 is 81.6 Å². The molecule has 1 heterocycles. The van der Waals surface area contributed by atoms with Crippen molar-refractivity contribution in [3.63, 3.8) is 0 Å². The fraction of sp³-hybridized carbons (Fsp3) is 0.0476. The molecule has 0 saturated heterocycles. The summed E-state index contributed by atoms with van der Waals surface area (Å²) in [5.41, 5.74) is -3.08. The zero-order chi connectivity index (χ0) is 22.6. The third kappa shape index (κ3) is 3.04. The van der Waals surface area contributed by atoms with Crippen molar-refractivity contribution in [2.24, 2.45) is 0 Å². The summed E-state index contributed by atoms with van der Waals surface area (Å²) in [6.45, 7) is -1.21. The summed E-state index contributed by atoms with van der Waals surface area (Å²) >= 11 is 0. The summed E-state index contributed by atoms with van der Waals surface area (Å²) in [5, 5.41) is 0. The Hall–Kier alpha value is -3.17. The van der Waals surface area contributed by atoms with E-state index in [2.05, 4.69) is 0 Å². The Morgan fingerprint density at radius 3 is 1.52 bits per heavy atom. The predicted molar refractivity (Wildman–Crippen MR) is 95.0 cm³/mol. The van der Waals surface area contributed by atoms with Gasteiger partial charge >= 0.3 is 0 Å². The van der Waals surface area contributed by atoms with Crippen LogP contribution in [0.5, 0.6) is 0 Å². The van der Waals surface area contributed by atoms with Gasteiger partial charge in [-0.2, -0.15) is 0 Å². The fourth-order valence-corrected chi connectivity index (χ4v) is 3.76. The maximum absolute atomic E-state index is 14.8. The van der Waals surface area contributed by atoms with Crippen LogP contribution in [0.4, 0.5) is 39.5 Å². The Kier molecular flexibility index (Phi) is 5.11. The van der Waals surface area contributed by atoms with Crippen molar-refractivity contribution in [2.75, 3.05) is 0 Å². The molecule has 0 N–H and O–H groups in total. The zero-order valence-electron chi connectivity index (χ0n) is 15.1. The molecule has 1 atom stereocenters. The van der Waals surface area contributed by atoms with Crippen molar-refractivity contribution in [3.8, 4) is 0 Å². The summed E-state index contributed by atoms with van der Waals surface area (Å²) < 4.78 is 127. The minimum Gasteiger partial charge on any atom is -0.204 e. The SMILES string of the molecule is Fc1c(F)c(F)c(C2C=CB(c3ccccc3)c3c(F)c(F)c(F)c(F)c32)c(F)c1F. The second-order valence-electron chi connectivity index (χ2n) is 6.82. The molecule has 0 aromatic heterocycles. The molecule has 1 aliphatic heterocycles. The number of hydrogen-bond donors (Lipinski definition) is 0. The van der Waals surface area contributed by atoms with E-state index >= 15 is 0 Å². The van der Waals surface area contributed by atoms with Crippen LogP contribution in [0, 0.1) is 52.4 Å². The largest absolute Gasteiger partial charge is 0.238 e. The van der Waals surface area contributed by atoms with E-state index in [0.29, 0.717) is 5.46 Å². The Morgan fingerprint density at radius 2 is 0.968 bits per heavy atom. The molecule has 0 spiro atoms. The Bertz CT molecular complexity index is 1210. The average molecular weight is 442 g/mol. The van der Waals surface area contributed by atoms with Crippen LogP contribution in [0.15, 0.2) is 42.4 Å². The number of hydrogen-bond acceptors (Lipinski definition) is 0. The molecule has 31 heavy (non-hydrogen) atoms. The van der Waals surface area contributed by atoms with E-state index in [0.717, 1.165) is 12.1 Å². The van der Waals surface area contributed by atoms with E-state index in [4.69, 9.17) is 0 Å². The molecule has 1 unspecified atom stereocenters. The third-order valence-corrected chi connectivity index (χ3v) is 5.17. The smallest absolute Gasteiger partial charge is 0.204 e. The van der Waals surface area contributed by atoms with Gasteiger partial charge in [0.15, 0.2) is 46.5 Å². The Labute approximate surface area is 169 Å². The van der Waals surface area contributed by atoms with Crippen LogP contribution in [-0.4, -0.2) is 6.71 Å². The Morgan fingerprint density at radius 1 is 0.516 bits per heavy atom. The molecule has 10 heteroatoms. The zero-order valence-corrected chi connectivity index (χ0v) is 15.1. The van der Waals surface area contributed by atoms with Crippen molar-refractivity contribution in [1.82, 2.24) is 0 Å². The molecule has 0 aliphatic carbocycles. The molecular formula is C21H8BF9. The quantitative estimate of drug-likeness (QED) is 0.232. The monoisotopic (exact) mass is 442 g/mol. The lowest BCUT2D eigenvalue weighted by atomic mass is 9.37. The standard InChI is InChI=1S/C21H8BF9/c23-13-10-9(11-14(24)18(28)21(31)19(29)15(11)25)6-7-22(8-4-2-1-3-5-8)12(10)16(26)20(30)17(13)27/h1-7,9H. The molecular weight excluding hydrogens is 434 g/mol. The van der Waals surface area contributed by atoms with Gasteiger partial charge in [-0.15, -0.1) is 5.98 Å². The summed E-state index contributed by atoms with van der Waals surface area (Å²) in [6, 6.07) is 7.54. The van der Waals surface area contributed by atoms with Crippen molar-refractivity contribution in [3.05, 3.63) is 106 Å². The van der Waals surface area contributed by atoms with Crippen LogP contribution in [0.3, 0.4) is 0 Å². The van der Waals surface area contributed by atoms with Crippen molar-refractivity contribution >= 4 is 17.6 Å². The van der Waals surface area contributed by atoms with Crippen molar-refractivity contribution < 1.29 is 39.5 Å². The summed E-state index contributed by atoms with van der Waals surface area (Å²) in [6.07, 6.45) is 0.859. The van der Waals surface area contributed by atoms with Gasteiger partial charge in [0, 0.05) is 17.0 Å². The normalized spacial score (nSPS) is 15.4. The lowest BCUT2D eigenvalue weighted by Gasteiger charge is -2.28. The summed E-state index contributed by atoms with van der Waals surface area (Å²) in [4.78, 5) is 0. The minimum absolute atomic E-state index is 0.292. The first-order valence-electron chi connectivity index (χ1n) is 8.77. The van der Waals surface area contributed by atoms with E-state index in [1.165, 1.54) is 24.3 Å². The first-order chi connectivity index (χ1) is 14.7. The van der Waals surface area contributed by atoms with Crippen LogP contribution < -0.4 is 10.9 Å². The second kappa shape index (κ2) is 7.51. The fourth-order valence-electron chi connectivity index (χ4n) is 3.76. The van der Waals surface area contributed by atoms with Crippen molar-refractivity contribution in [2.45, 2.75) is 5.92 Å². The highest BCUT2D eigenvalue weighted by molar-refractivity contribution is 6.89. The van der Waals surface area contributed by atoms with Gasteiger partial charge in [0.1, 0.15) is 0 Å². The third-order valence-electron chi connectivity index (χ3n) is 5.17. The Balaban J connectivity index is 2.07. The molecule has 0 nitrogen and oxygen atoms in total. The number of rotatable bonds is 2. The maximum atomic E-state index is 14.8. The molecule has 0 saturated carbocycles. The van der Waals surface area contributed by atoms with Gasteiger partial charge in [-0.1, -0.05) is 41.9 Å². The maximum Gasteiger partial charge on any atom is 0.238 e. The average Bonchev–Trinajstić information content (AvgIpc) is 2.79. The number of benzene rings is 3. The topological polar surface area (TPSA) is 0 Å². The van der Waals surface area contributed by atoms with Crippen LogP contribution in [0.25, 0.3) is 0 Å². The van der Waals surface area contributed by atoms with Crippen molar-refractivity contribution in [1.29, 1.82) is 0 Å². The molecule has 158 valence electrons. The summed E-state index contributed by atoms with van der Waals surface area (Å²) in [5.74, 6) is -20.9. The molecule has 0 amide bonds. The van der Waals surface area contributed by atoms with Gasteiger partial charge < -0.3 is 0 Å². The van der Waals surface area contributed by atoms with Gasteiger partial charge in [-0.05, 0) is 5.46 Å². The lowest BCUT2D eigenvalue weighted by molar-refractivity contribution is 0.367. The van der Waals surface area contributed by atoms with Gasteiger partial charge in [-0.25, -0.2) is 39.5 Å².